The Labute approximate surface area is 186 Å². The molecule has 3 aromatic rings. The summed E-state index contributed by atoms with van der Waals surface area (Å²) in [5.74, 6) is -0.596. The van der Waals surface area contributed by atoms with Crippen LogP contribution >= 0.6 is 0 Å². The van der Waals surface area contributed by atoms with Crippen molar-refractivity contribution in [2.75, 3.05) is 13.1 Å². The Hall–Kier alpha value is -3.19. The largest absolute Gasteiger partial charge is 0.457 e. The molecule has 0 unspecified atom stereocenters. The molecule has 1 fully saturated rings. The molecule has 0 radical (unpaired) electrons. The van der Waals surface area contributed by atoms with E-state index in [1.807, 2.05) is 38.2 Å². The first-order valence-corrected chi connectivity index (χ1v) is 11.6. The maximum absolute atomic E-state index is 12.9. The molecule has 3 heterocycles. The zero-order valence-corrected chi connectivity index (χ0v) is 18.6. The fourth-order valence-corrected chi connectivity index (χ4v) is 5.47. The van der Waals surface area contributed by atoms with E-state index in [0.717, 1.165) is 5.52 Å². The number of sulfonamides is 1. The first-order chi connectivity index (χ1) is 15.3. The summed E-state index contributed by atoms with van der Waals surface area (Å²) >= 11 is 0. The molecule has 2 aromatic heterocycles. The van der Waals surface area contributed by atoms with E-state index in [-0.39, 0.29) is 42.4 Å². The zero-order chi connectivity index (χ0) is 22.9. The Morgan fingerprint density at radius 2 is 1.84 bits per heavy atom. The fraction of sp³-hybridized carbons (Fsp3) is 0.304. The van der Waals surface area contributed by atoms with Crippen molar-refractivity contribution in [2.45, 2.75) is 37.6 Å². The van der Waals surface area contributed by atoms with Crippen molar-refractivity contribution >= 4 is 21.5 Å². The summed E-state index contributed by atoms with van der Waals surface area (Å²) in [5, 5.41) is 9.46. The number of hydrogen-bond acceptors (Lipinski definition) is 6. The minimum Gasteiger partial charge on any atom is -0.457 e. The molecule has 2 atom stereocenters. The lowest BCUT2D eigenvalue weighted by atomic mass is 10.2. The summed E-state index contributed by atoms with van der Waals surface area (Å²) in [6.45, 7) is 4.17. The standard InChI is InChI=1S/C23H23N3O5S/c1-16-12-26(13-17(2)31-16)32(28,29)20-8-6-18(7-9-20)23(27)30-15-19-14-25-10-4-3-5-22(25)21(19)11-24/h3-10,14,16-17H,12-13,15H2,1-2H3/t16-,17-/m0/s1. The first-order valence-electron chi connectivity index (χ1n) is 10.2. The second-order valence-electron chi connectivity index (χ2n) is 7.81. The number of pyridine rings is 1. The van der Waals surface area contributed by atoms with Crippen molar-refractivity contribution in [3.63, 3.8) is 0 Å². The summed E-state index contributed by atoms with van der Waals surface area (Å²) in [4.78, 5) is 12.6. The Morgan fingerprint density at radius 1 is 1.16 bits per heavy atom. The van der Waals surface area contributed by atoms with Crippen LogP contribution < -0.4 is 0 Å². The minimum atomic E-state index is -3.69. The van der Waals surface area contributed by atoms with Gasteiger partial charge >= 0.3 is 5.97 Å². The van der Waals surface area contributed by atoms with Gasteiger partial charge in [-0.3, -0.25) is 0 Å². The summed E-state index contributed by atoms with van der Waals surface area (Å²) < 4.78 is 40.1. The van der Waals surface area contributed by atoms with Crippen LogP contribution in [-0.4, -0.2) is 48.4 Å². The predicted molar refractivity (Wildman–Crippen MR) is 116 cm³/mol. The molecule has 0 saturated carbocycles. The Morgan fingerprint density at radius 3 is 2.50 bits per heavy atom. The molecular weight excluding hydrogens is 430 g/mol. The predicted octanol–water partition coefficient (Wildman–Crippen LogP) is 2.97. The van der Waals surface area contributed by atoms with Gasteiger partial charge in [0.15, 0.2) is 0 Å². The van der Waals surface area contributed by atoms with Crippen molar-refractivity contribution in [3.8, 4) is 6.07 Å². The van der Waals surface area contributed by atoms with Crippen LogP contribution in [0.4, 0.5) is 0 Å². The summed E-state index contributed by atoms with van der Waals surface area (Å²) in [5.41, 5.74) is 2.02. The molecule has 0 spiro atoms. The summed E-state index contributed by atoms with van der Waals surface area (Å²) in [7, 11) is -3.69. The average molecular weight is 454 g/mol. The lowest BCUT2D eigenvalue weighted by molar-refractivity contribution is -0.0440. The molecule has 32 heavy (non-hydrogen) atoms. The van der Waals surface area contributed by atoms with Crippen LogP contribution in [0, 0.1) is 11.3 Å². The summed E-state index contributed by atoms with van der Waals surface area (Å²) in [6, 6.07) is 13.3. The maximum Gasteiger partial charge on any atom is 0.338 e. The third-order valence-electron chi connectivity index (χ3n) is 5.35. The van der Waals surface area contributed by atoms with Gasteiger partial charge in [-0.15, -0.1) is 0 Å². The molecule has 0 N–H and O–H groups in total. The van der Waals surface area contributed by atoms with Gasteiger partial charge in [0.1, 0.15) is 12.7 Å². The Kier molecular flexibility index (Phi) is 6.02. The van der Waals surface area contributed by atoms with Crippen LogP contribution in [0.15, 0.2) is 59.8 Å². The number of rotatable bonds is 5. The van der Waals surface area contributed by atoms with Crippen LogP contribution in [0.25, 0.3) is 5.52 Å². The van der Waals surface area contributed by atoms with Gasteiger partial charge in [-0.1, -0.05) is 6.07 Å². The third kappa shape index (κ3) is 4.25. The van der Waals surface area contributed by atoms with Crippen molar-refractivity contribution < 1.29 is 22.7 Å². The van der Waals surface area contributed by atoms with Crippen molar-refractivity contribution in [3.05, 3.63) is 71.5 Å². The SMILES string of the molecule is C[C@H]1CN(S(=O)(=O)c2ccc(C(=O)OCc3cn4ccccc4c3C#N)cc2)C[C@H](C)O1. The van der Waals surface area contributed by atoms with Gasteiger partial charge in [0.05, 0.1) is 33.7 Å². The quantitative estimate of drug-likeness (QED) is 0.551. The molecular formula is C23H23N3O5S. The highest BCUT2D eigenvalue weighted by atomic mass is 32.2. The first kappa shape index (κ1) is 22.0. The van der Waals surface area contributed by atoms with Crippen LogP contribution in [0.1, 0.15) is 35.3 Å². The van der Waals surface area contributed by atoms with E-state index in [1.165, 1.54) is 28.6 Å². The van der Waals surface area contributed by atoms with Crippen LogP contribution in [0.3, 0.4) is 0 Å². The highest BCUT2D eigenvalue weighted by Crippen LogP contribution is 2.22. The molecule has 166 valence electrons. The van der Waals surface area contributed by atoms with Crippen LogP contribution in [0.5, 0.6) is 0 Å². The van der Waals surface area contributed by atoms with Gasteiger partial charge in [-0.05, 0) is 50.2 Å². The van der Waals surface area contributed by atoms with Gasteiger partial charge < -0.3 is 13.9 Å². The van der Waals surface area contributed by atoms with E-state index in [0.29, 0.717) is 11.1 Å². The van der Waals surface area contributed by atoms with E-state index < -0.39 is 16.0 Å². The monoisotopic (exact) mass is 453 g/mol. The molecule has 0 amide bonds. The number of esters is 1. The van der Waals surface area contributed by atoms with E-state index in [9.17, 15) is 18.5 Å². The molecule has 1 aliphatic heterocycles. The summed E-state index contributed by atoms with van der Waals surface area (Å²) in [6.07, 6.45) is 3.19. The Balaban J connectivity index is 1.46. The molecule has 9 heteroatoms. The number of nitriles is 1. The highest BCUT2D eigenvalue weighted by Gasteiger charge is 2.32. The van der Waals surface area contributed by atoms with Crippen molar-refractivity contribution in [2.24, 2.45) is 0 Å². The number of fused-ring (bicyclic) bond motifs is 1. The molecule has 1 saturated heterocycles. The molecule has 1 aromatic carbocycles. The number of carbonyl (C=O) groups is 1. The molecule has 0 aliphatic carbocycles. The van der Waals surface area contributed by atoms with Crippen molar-refractivity contribution in [1.82, 2.24) is 8.71 Å². The molecule has 4 rings (SSSR count). The Bertz CT molecular complexity index is 1280. The second kappa shape index (κ2) is 8.74. The van der Waals surface area contributed by atoms with Crippen molar-refractivity contribution in [1.29, 1.82) is 5.26 Å². The number of carbonyl (C=O) groups excluding carboxylic acids is 1. The number of ether oxygens (including phenoxy) is 2. The average Bonchev–Trinajstić information content (AvgIpc) is 3.14. The zero-order valence-electron chi connectivity index (χ0n) is 17.8. The van der Waals surface area contributed by atoms with E-state index in [2.05, 4.69) is 6.07 Å². The fourth-order valence-electron chi connectivity index (χ4n) is 3.88. The molecule has 8 nitrogen and oxygen atoms in total. The topological polar surface area (TPSA) is 101 Å². The van der Waals surface area contributed by atoms with Gasteiger partial charge in [0.2, 0.25) is 10.0 Å². The van der Waals surface area contributed by atoms with Crippen LogP contribution in [-0.2, 0) is 26.1 Å². The van der Waals surface area contributed by atoms with E-state index in [1.54, 1.807) is 10.6 Å². The van der Waals surface area contributed by atoms with E-state index >= 15 is 0 Å². The lowest BCUT2D eigenvalue weighted by Gasteiger charge is -2.34. The van der Waals surface area contributed by atoms with Gasteiger partial charge in [0, 0.05) is 31.0 Å². The number of hydrogen-bond donors (Lipinski definition) is 0. The number of benzene rings is 1. The molecule has 1 aliphatic rings. The highest BCUT2D eigenvalue weighted by molar-refractivity contribution is 7.89. The number of morpholine rings is 1. The minimum absolute atomic E-state index is 0.0625. The molecule has 0 bridgehead atoms. The third-order valence-corrected chi connectivity index (χ3v) is 7.19. The lowest BCUT2D eigenvalue weighted by Crippen LogP contribution is -2.48. The number of aromatic nitrogens is 1. The van der Waals surface area contributed by atoms with Crippen LogP contribution in [0.2, 0.25) is 0 Å². The van der Waals surface area contributed by atoms with E-state index in [4.69, 9.17) is 9.47 Å². The second-order valence-corrected chi connectivity index (χ2v) is 9.75. The maximum atomic E-state index is 12.9. The van der Waals surface area contributed by atoms with Gasteiger partial charge in [-0.25, -0.2) is 13.2 Å². The normalized spacial score (nSPS) is 19.5. The number of nitrogens with zero attached hydrogens (tertiary/aromatic N) is 3. The van der Waals surface area contributed by atoms with Gasteiger partial charge in [-0.2, -0.15) is 9.57 Å². The van der Waals surface area contributed by atoms with Gasteiger partial charge in [0.25, 0.3) is 0 Å². The smallest absolute Gasteiger partial charge is 0.338 e.